The number of rotatable bonds is 8. The minimum absolute atomic E-state index is 0.0563. The SMILES string of the molecule is NCCC1CCCCN1N1CCN(C(=O)OC2CCCC(OC(=O)N3CCN(N4CCCCC4CCN)CC3)CCC2)CC1. The van der Waals surface area contributed by atoms with Crippen LogP contribution in [0.1, 0.15) is 89.9 Å². The van der Waals surface area contributed by atoms with Gasteiger partial charge < -0.3 is 30.7 Å². The highest BCUT2D eigenvalue weighted by Gasteiger charge is 2.34. The maximum absolute atomic E-state index is 13.0. The molecule has 0 bridgehead atoms. The first-order valence-corrected chi connectivity index (χ1v) is 17.9. The molecule has 44 heavy (non-hydrogen) atoms. The van der Waals surface area contributed by atoms with Gasteiger partial charge in [0.2, 0.25) is 0 Å². The van der Waals surface area contributed by atoms with Crippen LogP contribution in [-0.4, -0.2) is 145 Å². The average molecular weight is 621 g/mol. The Balaban J connectivity index is 0.979. The highest BCUT2D eigenvalue weighted by molar-refractivity contribution is 5.68. The summed E-state index contributed by atoms with van der Waals surface area (Å²) in [5.41, 5.74) is 11.7. The Morgan fingerprint density at radius 2 is 0.886 bits per heavy atom. The maximum atomic E-state index is 13.0. The molecule has 0 aromatic heterocycles. The molecule has 4 aliphatic heterocycles. The fourth-order valence-electron chi connectivity index (χ4n) is 8.06. The predicted molar refractivity (Wildman–Crippen MR) is 171 cm³/mol. The fourth-order valence-corrected chi connectivity index (χ4v) is 8.06. The van der Waals surface area contributed by atoms with Gasteiger partial charge in [-0.15, -0.1) is 0 Å². The second-order valence-electron chi connectivity index (χ2n) is 13.5. The molecule has 5 fully saturated rings. The number of carbonyl (C=O) groups excluding carboxylic acids is 2. The van der Waals surface area contributed by atoms with Crippen LogP contribution in [0.4, 0.5) is 9.59 Å². The van der Waals surface area contributed by atoms with E-state index in [9.17, 15) is 9.59 Å². The normalized spacial score (nSPS) is 30.9. The molecule has 5 rings (SSSR count). The summed E-state index contributed by atoms with van der Waals surface area (Å²) in [6.45, 7) is 9.89. The van der Waals surface area contributed by atoms with Crippen molar-refractivity contribution in [2.75, 3.05) is 78.5 Å². The number of carbonyl (C=O) groups is 2. The Morgan fingerprint density at radius 3 is 1.25 bits per heavy atom. The molecule has 2 atom stereocenters. The molecular weight excluding hydrogens is 560 g/mol. The lowest BCUT2D eigenvalue weighted by Gasteiger charge is -2.46. The summed E-state index contributed by atoms with van der Waals surface area (Å²) < 4.78 is 12.0. The van der Waals surface area contributed by atoms with Crippen LogP contribution in [0, 0.1) is 0 Å². The number of piperidine rings is 2. The molecular formula is C32H60N8O4. The molecule has 0 aromatic carbocycles. The van der Waals surface area contributed by atoms with E-state index in [1.54, 1.807) is 0 Å². The molecule has 5 aliphatic rings. The lowest BCUT2D eigenvalue weighted by molar-refractivity contribution is -0.101. The summed E-state index contributed by atoms with van der Waals surface area (Å²) in [5, 5.41) is 9.92. The summed E-state index contributed by atoms with van der Waals surface area (Å²) in [6, 6.07) is 1.07. The Hall–Kier alpha value is -1.70. The number of hydrogen-bond acceptors (Lipinski definition) is 10. The van der Waals surface area contributed by atoms with Gasteiger partial charge in [0.15, 0.2) is 0 Å². The Labute approximate surface area is 265 Å². The zero-order valence-electron chi connectivity index (χ0n) is 27.2. The van der Waals surface area contributed by atoms with Gasteiger partial charge in [0.25, 0.3) is 0 Å². The number of ether oxygens (including phenoxy) is 2. The van der Waals surface area contributed by atoms with E-state index in [1.165, 1.54) is 38.5 Å². The van der Waals surface area contributed by atoms with Crippen molar-refractivity contribution >= 4 is 12.2 Å². The molecule has 0 radical (unpaired) electrons. The summed E-state index contributed by atoms with van der Waals surface area (Å²) >= 11 is 0. The van der Waals surface area contributed by atoms with E-state index < -0.39 is 0 Å². The molecule has 2 unspecified atom stereocenters. The predicted octanol–water partition coefficient (Wildman–Crippen LogP) is 2.82. The number of amides is 2. The molecule has 4 saturated heterocycles. The average Bonchev–Trinajstić information content (AvgIpc) is 3.04. The van der Waals surface area contributed by atoms with Gasteiger partial charge in [0, 0.05) is 77.5 Å². The highest BCUT2D eigenvalue weighted by Crippen LogP contribution is 2.26. The molecule has 4 N–H and O–H groups in total. The van der Waals surface area contributed by atoms with Crippen LogP contribution in [0.2, 0.25) is 0 Å². The van der Waals surface area contributed by atoms with Crippen LogP contribution in [0.25, 0.3) is 0 Å². The van der Waals surface area contributed by atoms with Crippen LogP contribution < -0.4 is 11.5 Å². The molecule has 12 heteroatoms. The van der Waals surface area contributed by atoms with Crippen LogP contribution in [0.3, 0.4) is 0 Å². The van der Waals surface area contributed by atoms with Crippen LogP contribution >= 0.6 is 0 Å². The van der Waals surface area contributed by atoms with Crippen LogP contribution in [-0.2, 0) is 9.47 Å². The molecule has 0 aromatic rings. The van der Waals surface area contributed by atoms with Crippen molar-refractivity contribution in [2.45, 2.75) is 114 Å². The van der Waals surface area contributed by atoms with Crippen LogP contribution in [0.15, 0.2) is 0 Å². The number of hydrazine groups is 2. The van der Waals surface area contributed by atoms with E-state index in [0.29, 0.717) is 38.3 Å². The first kappa shape index (κ1) is 33.7. The Kier molecular flexibility index (Phi) is 13.2. The van der Waals surface area contributed by atoms with E-state index in [0.717, 1.165) is 104 Å². The van der Waals surface area contributed by atoms with Crippen LogP contribution in [0.5, 0.6) is 0 Å². The van der Waals surface area contributed by atoms with Gasteiger partial charge in [-0.3, -0.25) is 0 Å². The zero-order valence-corrected chi connectivity index (χ0v) is 27.2. The van der Waals surface area contributed by atoms with Gasteiger partial charge in [-0.1, -0.05) is 12.8 Å². The fraction of sp³-hybridized carbons (Fsp3) is 0.938. The smallest absolute Gasteiger partial charge is 0.410 e. The molecule has 2 amide bonds. The van der Waals surface area contributed by atoms with Crippen molar-refractivity contribution in [3.63, 3.8) is 0 Å². The van der Waals surface area contributed by atoms with Gasteiger partial charge in [0.05, 0.1) is 0 Å². The van der Waals surface area contributed by atoms with Crippen molar-refractivity contribution in [3.8, 4) is 0 Å². The van der Waals surface area contributed by atoms with Crippen molar-refractivity contribution in [1.29, 1.82) is 0 Å². The third-order valence-corrected chi connectivity index (χ3v) is 10.6. The highest BCUT2D eigenvalue weighted by atomic mass is 16.6. The monoisotopic (exact) mass is 620 g/mol. The second kappa shape index (κ2) is 17.3. The van der Waals surface area contributed by atoms with Gasteiger partial charge in [0.1, 0.15) is 12.2 Å². The molecule has 1 saturated carbocycles. The topological polar surface area (TPSA) is 124 Å². The lowest BCUT2D eigenvalue weighted by atomic mass is 9.96. The van der Waals surface area contributed by atoms with Gasteiger partial charge in [-0.05, 0) is 90.1 Å². The van der Waals surface area contributed by atoms with Gasteiger partial charge in [-0.2, -0.15) is 0 Å². The standard InChI is InChI=1S/C32H60N8O4/c33-15-13-27-7-1-3-17-39(27)37-23-19-35(20-24-37)31(41)43-29-9-5-11-30(12-6-10-29)44-32(42)36-21-25-38(26-22-36)40-18-4-2-8-28(40)14-16-34/h27-30H,1-26,33-34H2. The minimum atomic E-state index is -0.173. The van der Waals surface area contributed by atoms with E-state index in [2.05, 4.69) is 20.0 Å². The number of hydrogen-bond donors (Lipinski definition) is 2. The van der Waals surface area contributed by atoms with E-state index in [-0.39, 0.29) is 24.4 Å². The first-order chi connectivity index (χ1) is 21.6. The molecule has 1 aliphatic carbocycles. The number of nitrogens with zero attached hydrogens (tertiary/aromatic N) is 6. The Morgan fingerprint density at radius 1 is 0.500 bits per heavy atom. The zero-order chi connectivity index (χ0) is 30.7. The third kappa shape index (κ3) is 9.19. The van der Waals surface area contributed by atoms with E-state index in [1.807, 2.05) is 9.80 Å². The summed E-state index contributed by atoms with van der Waals surface area (Å²) in [6.07, 6.45) is 14.2. The maximum Gasteiger partial charge on any atom is 0.410 e. The molecule has 12 nitrogen and oxygen atoms in total. The quantitative estimate of drug-likeness (QED) is 0.419. The Bertz CT molecular complexity index is 800. The summed E-state index contributed by atoms with van der Waals surface area (Å²) in [5.74, 6) is 0. The second-order valence-corrected chi connectivity index (χ2v) is 13.5. The van der Waals surface area contributed by atoms with Crippen molar-refractivity contribution in [3.05, 3.63) is 0 Å². The summed E-state index contributed by atoms with van der Waals surface area (Å²) in [7, 11) is 0. The van der Waals surface area contributed by atoms with Crippen molar-refractivity contribution in [1.82, 2.24) is 29.8 Å². The van der Waals surface area contributed by atoms with E-state index >= 15 is 0 Å². The third-order valence-electron chi connectivity index (χ3n) is 10.6. The minimum Gasteiger partial charge on any atom is -0.446 e. The summed E-state index contributed by atoms with van der Waals surface area (Å²) in [4.78, 5) is 29.8. The van der Waals surface area contributed by atoms with Crippen molar-refractivity contribution in [2.24, 2.45) is 11.5 Å². The molecule has 252 valence electrons. The lowest BCUT2D eigenvalue weighted by Crippen LogP contribution is -2.59. The number of piperazine rings is 2. The molecule has 4 heterocycles. The number of nitrogens with two attached hydrogens (primary N) is 2. The first-order valence-electron chi connectivity index (χ1n) is 17.9. The van der Waals surface area contributed by atoms with E-state index in [4.69, 9.17) is 20.9 Å². The van der Waals surface area contributed by atoms with Crippen molar-refractivity contribution < 1.29 is 19.1 Å². The molecule has 0 spiro atoms. The van der Waals surface area contributed by atoms with Gasteiger partial charge in [-0.25, -0.2) is 29.6 Å². The van der Waals surface area contributed by atoms with Gasteiger partial charge >= 0.3 is 12.2 Å². The largest absolute Gasteiger partial charge is 0.446 e.